The fourth-order valence-corrected chi connectivity index (χ4v) is 2.13. The van der Waals surface area contributed by atoms with Gasteiger partial charge in [0.1, 0.15) is 0 Å². The zero-order chi connectivity index (χ0) is 13.1. The van der Waals surface area contributed by atoms with Crippen molar-refractivity contribution < 1.29 is 14.1 Å². The summed E-state index contributed by atoms with van der Waals surface area (Å²) >= 11 is 0. The maximum Gasteiger partial charge on any atom is 0.269 e. The van der Waals surface area contributed by atoms with Gasteiger partial charge in [0.25, 0.3) is 5.69 Å². The van der Waals surface area contributed by atoms with Gasteiger partial charge in [-0.15, -0.1) is 0 Å². The van der Waals surface area contributed by atoms with Gasteiger partial charge in [-0.3, -0.25) is 19.3 Å². The van der Waals surface area contributed by atoms with Gasteiger partial charge >= 0.3 is 0 Å². The molecule has 1 aliphatic heterocycles. The second-order valence-electron chi connectivity index (χ2n) is 4.32. The number of benzene rings is 1. The van der Waals surface area contributed by atoms with Crippen molar-refractivity contribution in [2.75, 3.05) is 12.0 Å². The first-order valence-electron chi connectivity index (χ1n) is 5.76. The number of carbonyl (C=O) groups excluding carboxylic acids is 1. The minimum absolute atomic E-state index is 0.00846. The number of fused-ring (bicyclic) bond motifs is 1. The van der Waals surface area contributed by atoms with Crippen LogP contribution in [0.3, 0.4) is 0 Å². The highest BCUT2D eigenvalue weighted by Gasteiger charge is 2.26. The van der Waals surface area contributed by atoms with E-state index >= 15 is 0 Å². The number of carbonyl (C=O) groups is 1. The average Bonchev–Trinajstić information content (AvgIpc) is 2.35. The van der Waals surface area contributed by atoms with Crippen molar-refractivity contribution >= 4 is 17.3 Å². The van der Waals surface area contributed by atoms with E-state index in [0.717, 1.165) is 5.56 Å². The fraction of sp³-hybridized carbons (Fsp3) is 0.417. The number of non-ortho nitro benzene ring substituents is 1. The number of halogens is 1. The number of hydrogen-bond acceptors (Lipinski definition) is 3. The normalized spacial score (nSPS) is 18.1. The van der Waals surface area contributed by atoms with E-state index in [4.69, 9.17) is 0 Å². The van der Waals surface area contributed by atoms with Crippen LogP contribution < -0.4 is 5.32 Å². The lowest BCUT2D eigenvalue weighted by molar-refractivity contribution is -0.384. The summed E-state index contributed by atoms with van der Waals surface area (Å²) in [7, 11) is 0. The second-order valence-corrected chi connectivity index (χ2v) is 4.32. The minimum Gasteiger partial charge on any atom is -0.326 e. The van der Waals surface area contributed by atoms with E-state index in [1.165, 1.54) is 18.2 Å². The van der Waals surface area contributed by atoms with Crippen molar-refractivity contribution in [1.82, 2.24) is 0 Å². The standard InChI is InChI=1S/C12H13FN2O3/c13-5-1-2-8-6-9-7-10(15(17)18)3-4-11(9)14-12(8)16/h3-4,7-8H,1-2,5-6H2,(H,14,16). The summed E-state index contributed by atoms with van der Waals surface area (Å²) in [4.78, 5) is 21.9. The van der Waals surface area contributed by atoms with E-state index in [0.29, 0.717) is 24.9 Å². The highest BCUT2D eigenvalue weighted by atomic mass is 19.1. The molecule has 96 valence electrons. The van der Waals surface area contributed by atoms with E-state index in [-0.39, 0.29) is 17.5 Å². The summed E-state index contributed by atoms with van der Waals surface area (Å²) in [6.07, 6.45) is 1.23. The van der Waals surface area contributed by atoms with Crippen LogP contribution in [0.2, 0.25) is 0 Å². The molecule has 6 heteroatoms. The van der Waals surface area contributed by atoms with Crippen molar-refractivity contribution in [3.05, 3.63) is 33.9 Å². The summed E-state index contributed by atoms with van der Waals surface area (Å²) in [5.41, 5.74) is 1.36. The van der Waals surface area contributed by atoms with Crippen molar-refractivity contribution in [2.24, 2.45) is 5.92 Å². The first-order chi connectivity index (χ1) is 8.61. The molecule has 2 rings (SSSR count). The third kappa shape index (κ3) is 2.47. The zero-order valence-electron chi connectivity index (χ0n) is 9.69. The first-order valence-corrected chi connectivity index (χ1v) is 5.76. The topological polar surface area (TPSA) is 72.2 Å². The number of hydrogen-bond donors (Lipinski definition) is 1. The molecule has 0 bridgehead atoms. The average molecular weight is 252 g/mol. The third-order valence-electron chi connectivity index (χ3n) is 3.08. The summed E-state index contributed by atoms with van der Waals surface area (Å²) in [5, 5.41) is 13.4. The monoisotopic (exact) mass is 252 g/mol. The number of alkyl halides is 1. The molecule has 5 nitrogen and oxygen atoms in total. The summed E-state index contributed by atoms with van der Waals surface area (Å²) in [6, 6.07) is 4.37. The van der Waals surface area contributed by atoms with Gasteiger partial charge in [0, 0.05) is 23.7 Å². The van der Waals surface area contributed by atoms with Crippen molar-refractivity contribution in [2.45, 2.75) is 19.3 Å². The molecular weight excluding hydrogens is 239 g/mol. The molecule has 1 atom stereocenters. The maximum atomic E-state index is 12.1. The Labute approximate surface area is 103 Å². The van der Waals surface area contributed by atoms with Crippen LogP contribution in [0.5, 0.6) is 0 Å². The number of anilines is 1. The quantitative estimate of drug-likeness (QED) is 0.660. The molecule has 0 saturated carbocycles. The molecule has 1 amide bonds. The van der Waals surface area contributed by atoms with Crippen LogP contribution in [0, 0.1) is 16.0 Å². The molecule has 0 spiro atoms. The van der Waals surface area contributed by atoms with Crippen LogP contribution in [0.15, 0.2) is 18.2 Å². The van der Waals surface area contributed by atoms with Crippen LogP contribution >= 0.6 is 0 Å². The van der Waals surface area contributed by atoms with Gasteiger partial charge in [-0.2, -0.15) is 0 Å². The lowest BCUT2D eigenvalue weighted by Gasteiger charge is -2.24. The molecule has 0 radical (unpaired) electrons. The van der Waals surface area contributed by atoms with Gasteiger partial charge < -0.3 is 5.32 Å². The predicted molar refractivity (Wildman–Crippen MR) is 64.1 cm³/mol. The second kappa shape index (κ2) is 5.12. The maximum absolute atomic E-state index is 12.1. The Bertz CT molecular complexity index is 490. The Morgan fingerprint density at radius 2 is 2.28 bits per heavy atom. The van der Waals surface area contributed by atoms with Crippen molar-refractivity contribution in [3.8, 4) is 0 Å². The van der Waals surface area contributed by atoms with Gasteiger partial charge in [-0.25, -0.2) is 0 Å². The predicted octanol–water partition coefficient (Wildman–Crippen LogP) is 2.46. The first kappa shape index (κ1) is 12.5. The molecule has 1 aliphatic rings. The number of nitro benzene ring substituents is 1. The molecule has 1 N–H and O–H groups in total. The Kier molecular flexibility index (Phi) is 3.55. The molecule has 0 saturated heterocycles. The number of amides is 1. The van der Waals surface area contributed by atoms with Crippen LogP contribution in [0.4, 0.5) is 15.8 Å². The SMILES string of the molecule is O=C1Nc2ccc([N+](=O)[O-])cc2CC1CCCF. The number of nitrogens with one attached hydrogen (secondary N) is 1. The molecular formula is C12H13FN2O3. The summed E-state index contributed by atoms with van der Waals surface area (Å²) in [5.74, 6) is -0.431. The van der Waals surface area contributed by atoms with Crippen molar-refractivity contribution in [1.29, 1.82) is 0 Å². The number of nitrogens with zero attached hydrogens (tertiary/aromatic N) is 1. The van der Waals surface area contributed by atoms with Crippen molar-refractivity contribution in [3.63, 3.8) is 0 Å². The Hall–Kier alpha value is -1.98. The lowest BCUT2D eigenvalue weighted by atomic mass is 9.89. The summed E-state index contributed by atoms with van der Waals surface area (Å²) < 4.78 is 12.1. The molecule has 0 fully saturated rings. The molecule has 1 unspecified atom stereocenters. The Morgan fingerprint density at radius 3 is 2.94 bits per heavy atom. The lowest BCUT2D eigenvalue weighted by Crippen LogP contribution is -2.30. The highest BCUT2D eigenvalue weighted by molar-refractivity contribution is 5.95. The molecule has 0 aliphatic carbocycles. The zero-order valence-corrected chi connectivity index (χ0v) is 9.69. The summed E-state index contributed by atoms with van der Waals surface area (Å²) in [6.45, 7) is -0.453. The Morgan fingerprint density at radius 1 is 1.50 bits per heavy atom. The highest BCUT2D eigenvalue weighted by Crippen LogP contribution is 2.30. The fourth-order valence-electron chi connectivity index (χ4n) is 2.13. The number of nitro groups is 1. The van der Waals surface area contributed by atoms with Gasteiger partial charge in [-0.05, 0) is 30.9 Å². The molecule has 1 aromatic rings. The van der Waals surface area contributed by atoms with E-state index in [1.807, 2.05) is 0 Å². The van der Waals surface area contributed by atoms with Crippen LogP contribution in [0.1, 0.15) is 18.4 Å². The van der Waals surface area contributed by atoms with Gasteiger partial charge in [0.05, 0.1) is 11.6 Å². The molecule has 1 heterocycles. The number of rotatable bonds is 4. The Balaban J connectivity index is 2.21. The largest absolute Gasteiger partial charge is 0.326 e. The van der Waals surface area contributed by atoms with E-state index in [2.05, 4.69) is 5.32 Å². The van der Waals surface area contributed by atoms with Crippen LogP contribution in [0.25, 0.3) is 0 Å². The van der Waals surface area contributed by atoms with Gasteiger partial charge in [0.15, 0.2) is 0 Å². The van der Waals surface area contributed by atoms with Crippen LogP contribution in [-0.4, -0.2) is 17.5 Å². The van der Waals surface area contributed by atoms with Crippen LogP contribution in [-0.2, 0) is 11.2 Å². The van der Waals surface area contributed by atoms with Gasteiger partial charge in [0.2, 0.25) is 5.91 Å². The smallest absolute Gasteiger partial charge is 0.269 e. The molecule has 0 aromatic heterocycles. The molecule has 18 heavy (non-hydrogen) atoms. The van der Waals surface area contributed by atoms with E-state index in [9.17, 15) is 19.3 Å². The minimum atomic E-state index is -0.465. The van der Waals surface area contributed by atoms with E-state index in [1.54, 1.807) is 0 Å². The molecule has 1 aromatic carbocycles. The van der Waals surface area contributed by atoms with Gasteiger partial charge in [-0.1, -0.05) is 0 Å². The third-order valence-corrected chi connectivity index (χ3v) is 3.08. The van der Waals surface area contributed by atoms with E-state index < -0.39 is 11.6 Å².